The Hall–Kier alpha value is -3.31. The van der Waals surface area contributed by atoms with Crippen LogP contribution < -0.4 is 10.5 Å². The van der Waals surface area contributed by atoms with Crippen LogP contribution in [0.2, 0.25) is 0 Å². The van der Waals surface area contributed by atoms with Crippen LogP contribution in [-0.2, 0) is 15.7 Å². The molecule has 1 aromatic carbocycles. The predicted octanol–water partition coefficient (Wildman–Crippen LogP) is 4.92. The number of ether oxygens (including phenoxy) is 1. The average molecular weight is 500 g/mol. The number of nitrogen functional groups attached to an aromatic ring is 1. The minimum atomic E-state index is -1.85. The third-order valence-corrected chi connectivity index (χ3v) is 8.21. The van der Waals surface area contributed by atoms with Crippen LogP contribution in [0.4, 0.5) is 15.9 Å². The van der Waals surface area contributed by atoms with Crippen LogP contribution in [0.25, 0.3) is 22.2 Å². The molecule has 1 aliphatic carbocycles. The minimum Gasteiger partial charge on any atom is -0.465 e. The molecule has 176 valence electrons. The first-order chi connectivity index (χ1) is 16.5. The average Bonchev–Trinajstić information content (AvgIpc) is 3.59. The van der Waals surface area contributed by atoms with E-state index in [1.165, 1.54) is 25.6 Å². The maximum absolute atomic E-state index is 15.1. The molecule has 1 aliphatic rings. The van der Waals surface area contributed by atoms with Gasteiger partial charge in [-0.2, -0.15) is 0 Å². The van der Waals surface area contributed by atoms with Gasteiger partial charge < -0.3 is 15.0 Å². The highest BCUT2D eigenvalue weighted by Gasteiger charge is 2.24. The monoisotopic (exact) mass is 499 g/mol. The number of halogens is 1. The van der Waals surface area contributed by atoms with Gasteiger partial charge in [-0.1, -0.05) is 18.9 Å². The van der Waals surface area contributed by atoms with Gasteiger partial charge in [0.25, 0.3) is 0 Å². The smallest absolute Gasteiger partial charge is 0.349 e. The lowest BCUT2D eigenvalue weighted by atomic mass is 10.1. The first-order valence-electron chi connectivity index (χ1n) is 10.7. The number of esters is 1. The van der Waals surface area contributed by atoms with Gasteiger partial charge in [0.15, 0.2) is 11.0 Å². The maximum Gasteiger partial charge on any atom is 0.349 e. The van der Waals surface area contributed by atoms with Crippen molar-refractivity contribution in [2.45, 2.75) is 36.6 Å². The van der Waals surface area contributed by atoms with Crippen LogP contribution in [0, 0.1) is 5.82 Å². The molecule has 5 rings (SSSR count). The SMILES string of the molecule is COC(=O)c1sccc1S(=O)Nc1ccc(-c2cn(C3CCCC3)c3ncnc(N)c23)cc1F. The number of fused-ring (bicyclic) bond motifs is 1. The van der Waals surface area contributed by atoms with Gasteiger partial charge >= 0.3 is 5.97 Å². The van der Waals surface area contributed by atoms with E-state index in [4.69, 9.17) is 10.5 Å². The molecule has 0 bridgehead atoms. The van der Waals surface area contributed by atoms with E-state index in [2.05, 4.69) is 19.3 Å². The molecule has 8 nitrogen and oxygen atoms in total. The van der Waals surface area contributed by atoms with Crippen molar-refractivity contribution >= 4 is 50.8 Å². The fourth-order valence-corrected chi connectivity index (χ4v) is 6.47. The van der Waals surface area contributed by atoms with Crippen LogP contribution in [0.5, 0.6) is 0 Å². The standard InChI is InChI=1S/C23H22FN5O3S2/c1-32-23(30)20-18(8-9-33-20)34(31)28-17-7-6-13(10-16(17)24)15-11-29(14-4-2-3-5-14)22-19(15)21(25)26-12-27-22/h6-12,14,28H,2-5H2,1H3,(H2,25,26,27). The summed E-state index contributed by atoms with van der Waals surface area (Å²) in [6.45, 7) is 0. The second-order valence-electron chi connectivity index (χ2n) is 8.02. The van der Waals surface area contributed by atoms with E-state index in [-0.39, 0.29) is 15.5 Å². The third-order valence-electron chi connectivity index (χ3n) is 6.04. The summed E-state index contributed by atoms with van der Waals surface area (Å²) in [5.74, 6) is -0.833. The zero-order valence-electron chi connectivity index (χ0n) is 18.3. The van der Waals surface area contributed by atoms with E-state index in [1.54, 1.807) is 17.5 Å². The molecule has 1 fully saturated rings. The molecule has 4 aromatic rings. The van der Waals surface area contributed by atoms with E-state index < -0.39 is 22.8 Å². The van der Waals surface area contributed by atoms with Gasteiger partial charge in [0.2, 0.25) is 0 Å². The number of aromatic nitrogens is 3. The number of anilines is 2. The highest BCUT2D eigenvalue weighted by molar-refractivity contribution is 7.86. The largest absolute Gasteiger partial charge is 0.465 e. The Balaban J connectivity index is 1.48. The molecule has 1 saturated carbocycles. The molecule has 0 radical (unpaired) electrons. The second kappa shape index (κ2) is 9.15. The topological polar surface area (TPSA) is 112 Å². The Morgan fingerprint density at radius 3 is 2.82 bits per heavy atom. The summed E-state index contributed by atoms with van der Waals surface area (Å²) in [5, 5.41) is 2.33. The highest BCUT2D eigenvalue weighted by Crippen LogP contribution is 2.39. The van der Waals surface area contributed by atoms with E-state index in [9.17, 15) is 9.00 Å². The number of hydrogen-bond donors (Lipinski definition) is 2. The molecule has 0 aliphatic heterocycles. The molecule has 3 N–H and O–H groups in total. The van der Waals surface area contributed by atoms with Crippen molar-refractivity contribution in [3.63, 3.8) is 0 Å². The van der Waals surface area contributed by atoms with Gasteiger partial charge in [0, 0.05) is 17.8 Å². The number of carbonyl (C=O) groups is 1. The lowest BCUT2D eigenvalue weighted by Crippen LogP contribution is -2.10. The number of benzene rings is 1. The molecule has 1 atom stereocenters. The van der Waals surface area contributed by atoms with Crippen LogP contribution in [0.1, 0.15) is 41.4 Å². The zero-order chi connectivity index (χ0) is 23.8. The summed E-state index contributed by atoms with van der Waals surface area (Å²) in [6, 6.07) is 6.50. The van der Waals surface area contributed by atoms with Gasteiger partial charge in [0.05, 0.1) is 23.1 Å². The number of hydrogen-bond acceptors (Lipinski definition) is 7. The summed E-state index contributed by atoms with van der Waals surface area (Å²) in [6.07, 6.45) is 7.86. The zero-order valence-corrected chi connectivity index (χ0v) is 19.9. The summed E-state index contributed by atoms with van der Waals surface area (Å²) in [4.78, 5) is 20.9. The van der Waals surface area contributed by atoms with Crippen molar-refractivity contribution in [3.8, 4) is 11.1 Å². The van der Waals surface area contributed by atoms with E-state index in [0.29, 0.717) is 22.8 Å². The summed E-state index contributed by atoms with van der Waals surface area (Å²) in [5.41, 5.74) is 8.35. The summed E-state index contributed by atoms with van der Waals surface area (Å²) < 4.78 is 37.4. The van der Waals surface area contributed by atoms with Gasteiger partial charge in [-0.05, 0) is 42.0 Å². The van der Waals surface area contributed by atoms with Crippen molar-refractivity contribution in [1.82, 2.24) is 14.5 Å². The molecule has 0 spiro atoms. The fourth-order valence-electron chi connectivity index (χ4n) is 4.39. The predicted molar refractivity (Wildman–Crippen MR) is 131 cm³/mol. The number of methoxy groups -OCH3 is 1. The Bertz CT molecular complexity index is 1410. The molecule has 0 saturated heterocycles. The van der Waals surface area contributed by atoms with Crippen molar-refractivity contribution in [1.29, 1.82) is 0 Å². The van der Waals surface area contributed by atoms with Gasteiger partial charge in [0.1, 0.15) is 28.5 Å². The van der Waals surface area contributed by atoms with E-state index >= 15 is 4.39 Å². The van der Waals surface area contributed by atoms with Crippen LogP contribution in [0.15, 0.2) is 47.1 Å². The number of rotatable bonds is 6. The fraction of sp³-hybridized carbons (Fsp3) is 0.261. The molecule has 3 heterocycles. The molecule has 0 amide bonds. The second-order valence-corrected chi connectivity index (χ2v) is 10.1. The Labute approximate surface area is 201 Å². The molecule has 11 heteroatoms. The minimum absolute atomic E-state index is 0.0489. The number of carbonyl (C=O) groups excluding carboxylic acids is 1. The summed E-state index contributed by atoms with van der Waals surface area (Å²) >= 11 is 1.11. The summed E-state index contributed by atoms with van der Waals surface area (Å²) in [7, 11) is -0.594. The lowest BCUT2D eigenvalue weighted by molar-refractivity contribution is 0.0602. The van der Waals surface area contributed by atoms with Crippen molar-refractivity contribution in [3.05, 3.63) is 52.9 Å². The van der Waals surface area contributed by atoms with E-state index in [1.807, 2.05) is 6.20 Å². The Morgan fingerprint density at radius 1 is 1.29 bits per heavy atom. The van der Waals surface area contributed by atoms with Crippen molar-refractivity contribution in [2.75, 3.05) is 17.6 Å². The number of nitrogens with two attached hydrogens (primary N) is 1. The van der Waals surface area contributed by atoms with Crippen LogP contribution in [-0.4, -0.2) is 31.8 Å². The van der Waals surface area contributed by atoms with Crippen molar-refractivity contribution in [2.24, 2.45) is 0 Å². The normalized spacial score (nSPS) is 15.0. The molecular weight excluding hydrogens is 477 g/mol. The Kier molecular flexibility index (Phi) is 6.05. The first-order valence-corrected chi connectivity index (χ1v) is 12.8. The molecular formula is C23H22FN5O3S2. The number of nitrogens with zero attached hydrogens (tertiary/aromatic N) is 3. The highest BCUT2D eigenvalue weighted by atomic mass is 32.2. The molecule has 3 aromatic heterocycles. The van der Waals surface area contributed by atoms with Crippen LogP contribution >= 0.6 is 11.3 Å². The number of thiophene rings is 1. The van der Waals surface area contributed by atoms with E-state index in [0.717, 1.165) is 48.2 Å². The van der Waals surface area contributed by atoms with Gasteiger partial charge in [-0.25, -0.2) is 23.4 Å². The lowest BCUT2D eigenvalue weighted by Gasteiger charge is -2.12. The quantitative estimate of drug-likeness (QED) is 0.364. The first kappa shape index (κ1) is 22.5. The Morgan fingerprint density at radius 2 is 2.09 bits per heavy atom. The third kappa shape index (κ3) is 3.94. The van der Waals surface area contributed by atoms with Crippen molar-refractivity contribution < 1.29 is 18.1 Å². The van der Waals surface area contributed by atoms with Gasteiger partial charge in [-0.3, -0.25) is 4.72 Å². The van der Waals surface area contributed by atoms with Gasteiger partial charge in [-0.15, -0.1) is 11.3 Å². The van der Waals surface area contributed by atoms with Crippen LogP contribution in [0.3, 0.4) is 0 Å². The number of nitrogens with one attached hydrogen (secondary N) is 1. The molecule has 1 unspecified atom stereocenters. The maximum atomic E-state index is 15.1. The molecule has 34 heavy (non-hydrogen) atoms.